The highest BCUT2D eigenvalue weighted by molar-refractivity contribution is 4.79. The van der Waals surface area contributed by atoms with Gasteiger partial charge in [0.25, 0.3) is 0 Å². The Kier molecular flexibility index (Phi) is 5.11. The van der Waals surface area contributed by atoms with E-state index in [0.29, 0.717) is 0 Å². The fourth-order valence-electron chi connectivity index (χ4n) is 3.01. The molecule has 2 nitrogen and oxygen atoms in total. The molecule has 0 radical (unpaired) electrons. The summed E-state index contributed by atoms with van der Waals surface area (Å²) in [5.74, 6) is 1.02. The molecule has 0 bridgehead atoms. The molecule has 2 aliphatic rings. The Morgan fingerprint density at radius 2 is 1.94 bits per heavy atom. The lowest BCUT2D eigenvalue weighted by Gasteiger charge is -2.35. The molecular formula is C14H28N2. The van der Waals surface area contributed by atoms with Crippen molar-refractivity contribution in [1.82, 2.24) is 10.2 Å². The monoisotopic (exact) mass is 224 g/mol. The first kappa shape index (κ1) is 12.4. The molecular weight excluding hydrogens is 196 g/mol. The van der Waals surface area contributed by atoms with Crippen molar-refractivity contribution in [1.29, 1.82) is 0 Å². The third-order valence-electron chi connectivity index (χ3n) is 4.17. The van der Waals surface area contributed by atoms with Gasteiger partial charge in [0.05, 0.1) is 0 Å². The van der Waals surface area contributed by atoms with Crippen LogP contribution >= 0.6 is 0 Å². The molecule has 2 rings (SSSR count). The number of rotatable bonds is 6. The molecule has 16 heavy (non-hydrogen) atoms. The van der Waals surface area contributed by atoms with Gasteiger partial charge in [-0.25, -0.2) is 0 Å². The average Bonchev–Trinajstić information content (AvgIpc) is 2.25. The molecule has 1 aliphatic heterocycles. The predicted octanol–water partition coefficient (Wildman–Crippen LogP) is 2.64. The molecule has 1 unspecified atom stereocenters. The second-order valence-corrected chi connectivity index (χ2v) is 5.70. The van der Waals surface area contributed by atoms with Crippen LogP contribution in [0.4, 0.5) is 0 Å². The van der Waals surface area contributed by atoms with Gasteiger partial charge in [0.1, 0.15) is 0 Å². The van der Waals surface area contributed by atoms with E-state index in [4.69, 9.17) is 0 Å². The number of nitrogens with zero attached hydrogens (tertiary/aromatic N) is 1. The summed E-state index contributed by atoms with van der Waals surface area (Å²) in [6.07, 6.45) is 9.96. The van der Waals surface area contributed by atoms with Crippen molar-refractivity contribution in [3.63, 3.8) is 0 Å². The van der Waals surface area contributed by atoms with Crippen LogP contribution in [0.1, 0.15) is 51.9 Å². The lowest BCUT2D eigenvalue weighted by atomic mass is 9.85. The van der Waals surface area contributed by atoms with Crippen LogP contribution in [0, 0.1) is 5.92 Å². The molecule has 2 fully saturated rings. The molecule has 2 heteroatoms. The van der Waals surface area contributed by atoms with Crippen LogP contribution in [-0.2, 0) is 0 Å². The van der Waals surface area contributed by atoms with Crippen molar-refractivity contribution in [2.24, 2.45) is 5.92 Å². The number of hydrogen-bond donors (Lipinski definition) is 1. The molecule has 0 amide bonds. The molecule has 0 aromatic carbocycles. The van der Waals surface area contributed by atoms with E-state index in [-0.39, 0.29) is 0 Å². The smallest absolute Gasteiger partial charge is 0.0195 e. The molecule has 1 saturated carbocycles. The van der Waals surface area contributed by atoms with E-state index in [9.17, 15) is 0 Å². The Hall–Kier alpha value is -0.0800. The Balaban J connectivity index is 1.71. The molecule has 1 saturated heterocycles. The average molecular weight is 224 g/mol. The summed E-state index contributed by atoms with van der Waals surface area (Å²) in [4.78, 5) is 2.72. The standard InChI is InChI=1S/C14H28N2/c1-2-10-16(11-13-6-5-7-13)12-14-8-3-4-9-15-14/h13-15H,2-12H2,1H3. The van der Waals surface area contributed by atoms with Crippen molar-refractivity contribution in [2.45, 2.75) is 57.9 Å². The number of nitrogens with one attached hydrogen (secondary N) is 1. The van der Waals surface area contributed by atoms with E-state index < -0.39 is 0 Å². The van der Waals surface area contributed by atoms with Gasteiger partial charge in [0.15, 0.2) is 0 Å². The molecule has 1 atom stereocenters. The summed E-state index contributed by atoms with van der Waals surface area (Å²) in [6, 6.07) is 0.778. The number of hydrogen-bond acceptors (Lipinski definition) is 2. The van der Waals surface area contributed by atoms with Crippen LogP contribution < -0.4 is 5.32 Å². The lowest BCUT2D eigenvalue weighted by molar-refractivity contribution is 0.157. The molecule has 1 aliphatic carbocycles. The zero-order chi connectivity index (χ0) is 11.2. The summed E-state index contributed by atoms with van der Waals surface area (Å²) in [7, 11) is 0. The quantitative estimate of drug-likeness (QED) is 0.746. The highest BCUT2D eigenvalue weighted by Gasteiger charge is 2.22. The largest absolute Gasteiger partial charge is 0.313 e. The van der Waals surface area contributed by atoms with Gasteiger partial charge in [0, 0.05) is 19.1 Å². The van der Waals surface area contributed by atoms with Gasteiger partial charge in [-0.3, -0.25) is 0 Å². The Bertz CT molecular complexity index is 183. The fraction of sp³-hybridized carbons (Fsp3) is 1.00. The van der Waals surface area contributed by atoms with E-state index in [1.165, 1.54) is 71.1 Å². The SMILES string of the molecule is CCCN(CC1CCC1)CC1CCCCN1. The van der Waals surface area contributed by atoms with Gasteiger partial charge < -0.3 is 10.2 Å². The van der Waals surface area contributed by atoms with Gasteiger partial charge in [-0.2, -0.15) is 0 Å². The third-order valence-corrected chi connectivity index (χ3v) is 4.17. The maximum atomic E-state index is 3.68. The van der Waals surface area contributed by atoms with Gasteiger partial charge in [-0.1, -0.05) is 19.8 Å². The van der Waals surface area contributed by atoms with Gasteiger partial charge >= 0.3 is 0 Å². The van der Waals surface area contributed by atoms with Crippen LogP contribution in [0.25, 0.3) is 0 Å². The molecule has 0 spiro atoms. The first-order valence-corrected chi connectivity index (χ1v) is 7.34. The summed E-state index contributed by atoms with van der Waals surface area (Å²) in [5, 5.41) is 3.68. The van der Waals surface area contributed by atoms with E-state index in [1.54, 1.807) is 0 Å². The molecule has 0 aromatic heterocycles. The number of piperidine rings is 1. The van der Waals surface area contributed by atoms with Crippen molar-refractivity contribution >= 4 is 0 Å². The minimum Gasteiger partial charge on any atom is -0.313 e. The topological polar surface area (TPSA) is 15.3 Å². The molecule has 1 N–H and O–H groups in total. The Labute approximate surface area is 101 Å². The maximum absolute atomic E-state index is 3.68. The minimum atomic E-state index is 0.778. The van der Waals surface area contributed by atoms with E-state index in [1.807, 2.05) is 0 Å². The summed E-state index contributed by atoms with van der Waals surface area (Å²) in [6.45, 7) is 7.52. The van der Waals surface area contributed by atoms with Crippen molar-refractivity contribution < 1.29 is 0 Å². The highest BCUT2D eigenvalue weighted by atomic mass is 15.2. The van der Waals surface area contributed by atoms with Crippen LogP contribution in [0.3, 0.4) is 0 Å². The Morgan fingerprint density at radius 1 is 1.06 bits per heavy atom. The minimum absolute atomic E-state index is 0.778. The van der Waals surface area contributed by atoms with Crippen LogP contribution in [0.15, 0.2) is 0 Å². The van der Waals surface area contributed by atoms with Gasteiger partial charge in [-0.05, 0) is 51.1 Å². The zero-order valence-corrected chi connectivity index (χ0v) is 10.9. The first-order chi connectivity index (χ1) is 7.88. The van der Waals surface area contributed by atoms with Crippen molar-refractivity contribution in [2.75, 3.05) is 26.2 Å². The van der Waals surface area contributed by atoms with E-state index in [0.717, 1.165) is 12.0 Å². The van der Waals surface area contributed by atoms with E-state index in [2.05, 4.69) is 17.1 Å². The van der Waals surface area contributed by atoms with E-state index >= 15 is 0 Å². The summed E-state index contributed by atoms with van der Waals surface area (Å²) >= 11 is 0. The van der Waals surface area contributed by atoms with Crippen LogP contribution in [-0.4, -0.2) is 37.1 Å². The molecule has 1 heterocycles. The molecule has 94 valence electrons. The van der Waals surface area contributed by atoms with Gasteiger partial charge in [0.2, 0.25) is 0 Å². The van der Waals surface area contributed by atoms with Crippen LogP contribution in [0.5, 0.6) is 0 Å². The summed E-state index contributed by atoms with van der Waals surface area (Å²) in [5.41, 5.74) is 0. The van der Waals surface area contributed by atoms with Gasteiger partial charge in [-0.15, -0.1) is 0 Å². The van der Waals surface area contributed by atoms with Crippen LogP contribution in [0.2, 0.25) is 0 Å². The third kappa shape index (κ3) is 3.74. The molecule has 0 aromatic rings. The van der Waals surface area contributed by atoms with Crippen molar-refractivity contribution in [3.8, 4) is 0 Å². The highest BCUT2D eigenvalue weighted by Crippen LogP contribution is 2.27. The lowest BCUT2D eigenvalue weighted by Crippen LogP contribution is -2.45. The zero-order valence-electron chi connectivity index (χ0n) is 10.9. The summed E-state index contributed by atoms with van der Waals surface area (Å²) < 4.78 is 0. The fourth-order valence-corrected chi connectivity index (χ4v) is 3.01. The second kappa shape index (κ2) is 6.61. The first-order valence-electron chi connectivity index (χ1n) is 7.34. The predicted molar refractivity (Wildman–Crippen MR) is 69.7 cm³/mol. The normalized spacial score (nSPS) is 27.0. The van der Waals surface area contributed by atoms with Crippen molar-refractivity contribution in [3.05, 3.63) is 0 Å². The maximum Gasteiger partial charge on any atom is 0.0195 e. The second-order valence-electron chi connectivity index (χ2n) is 5.70. The Morgan fingerprint density at radius 3 is 2.50 bits per heavy atom.